The number of anilines is 3. The molecule has 3 aromatic heterocycles. The Morgan fingerprint density at radius 3 is 2.50 bits per heavy atom. The van der Waals surface area contributed by atoms with Gasteiger partial charge in [0, 0.05) is 54.0 Å². The number of fused-ring (bicyclic) bond motifs is 1. The van der Waals surface area contributed by atoms with Gasteiger partial charge >= 0.3 is 0 Å². The van der Waals surface area contributed by atoms with Crippen LogP contribution < -0.4 is 16.0 Å². The summed E-state index contributed by atoms with van der Waals surface area (Å²) in [5.74, 6) is 0.174. The number of nitrogens with zero attached hydrogens (tertiary/aromatic N) is 6. The van der Waals surface area contributed by atoms with E-state index in [1.54, 1.807) is 16.8 Å². The fraction of sp³-hybridized carbons (Fsp3) is 0.333. The molecular weight excluding hydrogens is 448 g/mol. The van der Waals surface area contributed by atoms with Crippen LogP contribution in [0.3, 0.4) is 0 Å². The Morgan fingerprint density at radius 2 is 1.85 bits per heavy atom. The van der Waals surface area contributed by atoms with Crippen molar-refractivity contribution >= 4 is 40.1 Å². The number of nitrogens with one attached hydrogen (secondary N) is 1. The first-order valence-corrected chi connectivity index (χ1v) is 12.2. The number of carbonyl (C=O) groups excluding carboxylic acids is 1. The Labute approximate surface area is 202 Å². The zero-order valence-corrected chi connectivity index (χ0v) is 20.3. The van der Waals surface area contributed by atoms with Gasteiger partial charge < -0.3 is 16.0 Å². The molecule has 34 heavy (non-hydrogen) atoms. The number of primary amides is 1. The van der Waals surface area contributed by atoms with Crippen molar-refractivity contribution < 1.29 is 4.79 Å². The van der Waals surface area contributed by atoms with Crippen LogP contribution >= 0.6 is 11.3 Å². The molecule has 5 rings (SSSR count). The molecule has 0 bridgehead atoms. The Kier molecular flexibility index (Phi) is 5.93. The maximum atomic E-state index is 11.6. The van der Waals surface area contributed by atoms with E-state index in [1.807, 2.05) is 6.92 Å². The summed E-state index contributed by atoms with van der Waals surface area (Å²) in [6.07, 6.45) is 3.24. The molecule has 3 N–H and O–H groups in total. The summed E-state index contributed by atoms with van der Waals surface area (Å²) in [4.78, 5) is 27.1. The van der Waals surface area contributed by atoms with E-state index in [2.05, 4.69) is 68.3 Å². The van der Waals surface area contributed by atoms with E-state index in [1.165, 1.54) is 23.4 Å². The molecule has 1 amide bonds. The van der Waals surface area contributed by atoms with Gasteiger partial charge in [-0.3, -0.25) is 9.69 Å². The standard InChI is InChI=1S/C24H28N8OS/c1-15(2)30-8-10-31(11-9-30)18-6-4-17(5-7-18)29-23-24-27-14-28-32(24)20(13-26-23)19-12-21(22(25)33)34-16(19)3/h4-7,12-15H,8-11H2,1-3H3,(H2,25,33)(H,26,29). The van der Waals surface area contributed by atoms with Gasteiger partial charge in [-0.05, 0) is 51.1 Å². The van der Waals surface area contributed by atoms with Crippen molar-refractivity contribution in [2.75, 3.05) is 36.4 Å². The Balaban J connectivity index is 1.36. The van der Waals surface area contributed by atoms with Gasteiger partial charge in [0.05, 0.1) is 16.8 Å². The van der Waals surface area contributed by atoms with E-state index in [4.69, 9.17) is 5.73 Å². The van der Waals surface area contributed by atoms with Gasteiger partial charge in [0.2, 0.25) is 0 Å². The van der Waals surface area contributed by atoms with E-state index in [0.29, 0.717) is 22.4 Å². The van der Waals surface area contributed by atoms with Gasteiger partial charge in [-0.25, -0.2) is 14.5 Å². The largest absolute Gasteiger partial charge is 0.369 e. The molecule has 1 aliphatic heterocycles. The van der Waals surface area contributed by atoms with Crippen molar-refractivity contribution in [2.24, 2.45) is 5.73 Å². The van der Waals surface area contributed by atoms with Crippen LogP contribution in [-0.4, -0.2) is 62.6 Å². The molecule has 1 saturated heterocycles. The van der Waals surface area contributed by atoms with Gasteiger partial charge in [0.15, 0.2) is 11.5 Å². The molecule has 0 aliphatic carbocycles. The SMILES string of the molecule is Cc1sc(C(N)=O)cc1-c1cnc(Nc2ccc(N3CCN(C(C)C)CC3)cc2)c2ncnn12. The van der Waals surface area contributed by atoms with Crippen molar-refractivity contribution in [1.82, 2.24) is 24.5 Å². The van der Waals surface area contributed by atoms with Crippen molar-refractivity contribution in [3.8, 4) is 11.3 Å². The minimum absolute atomic E-state index is 0.439. The minimum Gasteiger partial charge on any atom is -0.369 e. The molecule has 0 spiro atoms. The minimum atomic E-state index is -0.439. The summed E-state index contributed by atoms with van der Waals surface area (Å²) in [5.41, 5.74) is 9.85. The lowest BCUT2D eigenvalue weighted by Gasteiger charge is -2.38. The van der Waals surface area contributed by atoms with Crippen molar-refractivity contribution in [3.63, 3.8) is 0 Å². The average Bonchev–Trinajstić information content (AvgIpc) is 3.48. The van der Waals surface area contributed by atoms with Crippen LogP contribution in [0.4, 0.5) is 17.2 Å². The van der Waals surface area contributed by atoms with E-state index in [9.17, 15) is 4.79 Å². The number of rotatable bonds is 6. The molecule has 9 nitrogen and oxygen atoms in total. The van der Waals surface area contributed by atoms with Gasteiger partial charge in [-0.2, -0.15) is 5.10 Å². The van der Waals surface area contributed by atoms with Crippen LogP contribution in [0.2, 0.25) is 0 Å². The number of amides is 1. The van der Waals surface area contributed by atoms with Gasteiger partial charge in [-0.1, -0.05) is 0 Å². The molecule has 1 aliphatic rings. The number of piperazine rings is 1. The maximum Gasteiger partial charge on any atom is 0.258 e. The molecular formula is C24H28N8OS. The second kappa shape index (κ2) is 9.03. The second-order valence-corrected chi connectivity index (χ2v) is 9.98. The van der Waals surface area contributed by atoms with Crippen LogP contribution in [-0.2, 0) is 0 Å². The first kappa shape index (κ1) is 22.3. The highest BCUT2D eigenvalue weighted by Gasteiger charge is 2.20. The summed E-state index contributed by atoms with van der Waals surface area (Å²) in [5, 5.41) is 7.76. The highest BCUT2D eigenvalue weighted by atomic mass is 32.1. The Bertz CT molecular complexity index is 1320. The molecule has 0 atom stereocenters. The van der Waals surface area contributed by atoms with E-state index >= 15 is 0 Å². The van der Waals surface area contributed by atoms with Crippen molar-refractivity contribution in [1.29, 1.82) is 0 Å². The third-order valence-corrected chi connectivity index (χ3v) is 7.35. The molecule has 10 heteroatoms. The zero-order chi connectivity index (χ0) is 23.8. The van der Waals surface area contributed by atoms with Crippen LogP contribution in [0.15, 0.2) is 42.9 Å². The first-order valence-electron chi connectivity index (χ1n) is 11.4. The highest BCUT2D eigenvalue weighted by molar-refractivity contribution is 7.14. The predicted octanol–water partition coefficient (Wildman–Crippen LogP) is 3.53. The number of thiophene rings is 1. The fourth-order valence-corrected chi connectivity index (χ4v) is 5.22. The lowest BCUT2D eigenvalue weighted by molar-refractivity contribution is 0.100. The lowest BCUT2D eigenvalue weighted by Crippen LogP contribution is -2.48. The number of aryl methyl sites for hydroxylation is 1. The number of aromatic nitrogens is 4. The van der Waals surface area contributed by atoms with E-state index in [-0.39, 0.29) is 0 Å². The smallest absolute Gasteiger partial charge is 0.258 e. The van der Waals surface area contributed by atoms with Crippen LogP contribution in [0.5, 0.6) is 0 Å². The number of carbonyl (C=O) groups is 1. The molecule has 4 heterocycles. The Hall–Kier alpha value is -3.50. The molecule has 176 valence electrons. The predicted molar refractivity (Wildman–Crippen MR) is 136 cm³/mol. The van der Waals surface area contributed by atoms with E-state index in [0.717, 1.165) is 48.0 Å². The van der Waals surface area contributed by atoms with Gasteiger partial charge in [0.1, 0.15) is 6.33 Å². The normalized spacial score (nSPS) is 14.8. The summed E-state index contributed by atoms with van der Waals surface area (Å²) in [6.45, 7) is 10.7. The summed E-state index contributed by atoms with van der Waals surface area (Å²) < 4.78 is 1.73. The molecule has 0 saturated carbocycles. The molecule has 4 aromatic rings. The summed E-state index contributed by atoms with van der Waals surface area (Å²) >= 11 is 1.36. The topological polar surface area (TPSA) is 105 Å². The quantitative estimate of drug-likeness (QED) is 0.439. The molecule has 0 unspecified atom stereocenters. The van der Waals surface area contributed by atoms with Crippen molar-refractivity contribution in [3.05, 3.63) is 52.6 Å². The Morgan fingerprint density at radius 1 is 1.12 bits per heavy atom. The summed E-state index contributed by atoms with van der Waals surface area (Å²) in [6, 6.07) is 10.8. The van der Waals surface area contributed by atoms with Crippen LogP contribution in [0.1, 0.15) is 28.4 Å². The number of benzene rings is 1. The molecule has 1 aromatic carbocycles. The lowest BCUT2D eigenvalue weighted by atomic mass is 10.2. The monoisotopic (exact) mass is 476 g/mol. The first-order chi connectivity index (χ1) is 16.4. The third kappa shape index (κ3) is 4.22. The number of nitrogens with two attached hydrogens (primary N) is 1. The van der Waals surface area contributed by atoms with Crippen LogP contribution in [0.25, 0.3) is 16.9 Å². The third-order valence-electron chi connectivity index (χ3n) is 6.28. The highest BCUT2D eigenvalue weighted by Crippen LogP contribution is 2.32. The summed E-state index contributed by atoms with van der Waals surface area (Å²) in [7, 11) is 0. The fourth-order valence-electron chi connectivity index (χ4n) is 4.34. The molecule has 1 fully saturated rings. The number of hydrogen-bond acceptors (Lipinski definition) is 8. The zero-order valence-electron chi connectivity index (χ0n) is 19.5. The van der Waals surface area contributed by atoms with E-state index < -0.39 is 5.91 Å². The number of hydrogen-bond donors (Lipinski definition) is 2. The van der Waals surface area contributed by atoms with Crippen molar-refractivity contribution in [2.45, 2.75) is 26.8 Å². The van der Waals surface area contributed by atoms with Gasteiger partial charge in [0.25, 0.3) is 5.91 Å². The molecule has 0 radical (unpaired) electrons. The van der Waals surface area contributed by atoms with Crippen LogP contribution in [0, 0.1) is 6.92 Å². The maximum absolute atomic E-state index is 11.6. The average molecular weight is 477 g/mol. The second-order valence-electron chi connectivity index (χ2n) is 8.72. The van der Waals surface area contributed by atoms with Gasteiger partial charge in [-0.15, -0.1) is 11.3 Å².